The molecule has 0 radical (unpaired) electrons. The fourth-order valence-corrected chi connectivity index (χ4v) is 1.60. The minimum Gasteiger partial charge on any atom is -0.355 e. The molecule has 0 heterocycles. The van der Waals surface area contributed by atoms with Crippen molar-refractivity contribution in [2.24, 2.45) is 0 Å². The van der Waals surface area contributed by atoms with Crippen molar-refractivity contribution >= 4 is 16.0 Å². The van der Waals surface area contributed by atoms with Crippen LogP contribution in [-0.2, 0) is 14.9 Å². The molecule has 0 bridgehead atoms. The Labute approximate surface area is 128 Å². The number of carbonyl (C=O) groups is 1. The normalized spacial score (nSPS) is 14.6. The molecule has 0 saturated heterocycles. The van der Waals surface area contributed by atoms with Crippen LogP contribution in [0.5, 0.6) is 0 Å². The Morgan fingerprint density at radius 3 is 1.75 bits per heavy atom. The molecule has 2 N–H and O–H groups in total. The highest BCUT2D eigenvalue weighted by molar-refractivity contribution is 7.85. The monoisotopic (exact) mass is 399 g/mol. The zero-order valence-electron chi connectivity index (χ0n) is 11.3. The van der Waals surface area contributed by atoms with Crippen molar-refractivity contribution < 1.29 is 57.3 Å². The van der Waals surface area contributed by atoms with Crippen LogP contribution in [0.3, 0.4) is 0 Å². The summed E-state index contributed by atoms with van der Waals surface area (Å²) in [6.45, 7) is -0.821. The van der Waals surface area contributed by atoms with Gasteiger partial charge in [0.1, 0.15) is 0 Å². The van der Waals surface area contributed by atoms with Crippen LogP contribution in [0, 0.1) is 0 Å². The van der Waals surface area contributed by atoms with Gasteiger partial charge in [0.15, 0.2) is 0 Å². The Bertz CT molecular complexity index is 558. The first-order chi connectivity index (χ1) is 10.4. The lowest BCUT2D eigenvalue weighted by atomic mass is 9.99. The van der Waals surface area contributed by atoms with Gasteiger partial charge in [0.2, 0.25) is 5.91 Å². The van der Waals surface area contributed by atoms with Crippen molar-refractivity contribution in [3.05, 3.63) is 0 Å². The Morgan fingerprint density at radius 2 is 1.38 bits per heavy atom. The van der Waals surface area contributed by atoms with Crippen LogP contribution in [0.15, 0.2) is 0 Å². The van der Waals surface area contributed by atoms with E-state index in [-0.39, 0.29) is 0 Å². The summed E-state index contributed by atoms with van der Waals surface area (Å²) >= 11 is 0. The van der Waals surface area contributed by atoms with Crippen LogP contribution in [0.1, 0.15) is 12.8 Å². The van der Waals surface area contributed by atoms with Crippen LogP contribution in [-0.4, -0.2) is 55.1 Å². The average molecular weight is 399 g/mol. The third kappa shape index (κ3) is 5.39. The van der Waals surface area contributed by atoms with E-state index in [0.29, 0.717) is 0 Å². The first-order valence-corrected chi connectivity index (χ1v) is 7.38. The number of carbonyl (C=O) groups excluding carboxylic acids is 1. The molecule has 144 valence electrons. The van der Waals surface area contributed by atoms with Crippen molar-refractivity contribution in [1.82, 2.24) is 5.32 Å². The third-order valence-electron chi connectivity index (χ3n) is 2.56. The Balaban J connectivity index is 4.88. The van der Waals surface area contributed by atoms with Crippen LogP contribution >= 0.6 is 0 Å². The van der Waals surface area contributed by atoms with E-state index in [1.54, 1.807) is 5.32 Å². The zero-order chi connectivity index (χ0) is 19.6. The van der Waals surface area contributed by atoms with Crippen molar-refractivity contribution in [2.45, 2.75) is 36.8 Å². The van der Waals surface area contributed by atoms with Gasteiger partial charge in [-0.25, -0.2) is 0 Å². The number of amides is 1. The maximum atomic E-state index is 13.1. The van der Waals surface area contributed by atoms with E-state index >= 15 is 0 Å². The highest BCUT2D eigenvalue weighted by atomic mass is 32.2. The van der Waals surface area contributed by atoms with Crippen LogP contribution in [0.4, 0.5) is 39.5 Å². The maximum Gasteiger partial charge on any atom is 0.460 e. The molecular formula is C9H10F9NO4S. The van der Waals surface area contributed by atoms with E-state index in [1.165, 1.54) is 0 Å². The summed E-state index contributed by atoms with van der Waals surface area (Å²) in [5.41, 5.74) is 0. The van der Waals surface area contributed by atoms with Crippen molar-refractivity contribution in [2.75, 3.05) is 12.3 Å². The molecule has 0 aromatic heterocycles. The summed E-state index contributed by atoms with van der Waals surface area (Å²) in [6.07, 6.45) is -10.9. The van der Waals surface area contributed by atoms with Crippen molar-refractivity contribution in [1.29, 1.82) is 0 Å². The Hall–Kier alpha value is -1.25. The smallest absolute Gasteiger partial charge is 0.355 e. The predicted molar refractivity (Wildman–Crippen MR) is 59.6 cm³/mol. The molecule has 0 unspecified atom stereocenters. The number of hydrogen-bond donors (Lipinski definition) is 2. The number of nitrogens with one attached hydrogen (secondary N) is 1. The third-order valence-corrected chi connectivity index (χ3v) is 3.28. The molecule has 0 aromatic carbocycles. The molecule has 0 atom stereocenters. The first-order valence-electron chi connectivity index (χ1n) is 5.77. The largest absolute Gasteiger partial charge is 0.460 e. The van der Waals surface area contributed by atoms with Gasteiger partial charge in [-0.05, 0) is 0 Å². The zero-order valence-corrected chi connectivity index (χ0v) is 12.1. The van der Waals surface area contributed by atoms with E-state index < -0.39 is 65.1 Å². The number of rotatable bonds is 8. The van der Waals surface area contributed by atoms with Gasteiger partial charge in [-0.3, -0.25) is 9.35 Å². The van der Waals surface area contributed by atoms with Gasteiger partial charge in [-0.2, -0.15) is 47.9 Å². The quantitative estimate of drug-likeness (QED) is 0.485. The number of halogens is 9. The Kier molecular flexibility index (Phi) is 6.57. The molecule has 0 aliphatic carbocycles. The van der Waals surface area contributed by atoms with Gasteiger partial charge in [-0.15, -0.1) is 0 Å². The van der Waals surface area contributed by atoms with E-state index in [1.807, 2.05) is 0 Å². The molecule has 1 amide bonds. The van der Waals surface area contributed by atoms with Crippen molar-refractivity contribution in [3.63, 3.8) is 0 Å². The van der Waals surface area contributed by atoms with Gasteiger partial charge >= 0.3 is 23.9 Å². The topological polar surface area (TPSA) is 83.5 Å². The summed E-state index contributed by atoms with van der Waals surface area (Å²) in [4.78, 5) is 11.0. The molecule has 24 heavy (non-hydrogen) atoms. The Morgan fingerprint density at radius 1 is 0.917 bits per heavy atom. The van der Waals surface area contributed by atoms with E-state index in [0.717, 1.165) is 0 Å². The fourth-order valence-electron chi connectivity index (χ4n) is 1.24. The van der Waals surface area contributed by atoms with E-state index in [4.69, 9.17) is 4.55 Å². The van der Waals surface area contributed by atoms with Crippen molar-refractivity contribution in [3.8, 4) is 0 Å². The number of hydrogen-bond acceptors (Lipinski definition) is 3. The minimum atomic E-state index is -7.04. The minimum absolute atomic E-state index is 0.821. The molecule has 0 aromatic rings. The average Bonchev–Trinajstić information content (AvgIpc) is 2.33. The molecule has 0 aliphatic rings. The summed E-state index contributed by atoms with van der Waals surface area (Å²) in [7, 11) is -4.53. The lowest BCUT2D eigenvalue weighted by Gasteiger charge is -2.33. The fraction of sp³-hybridized carbons (Fsp3) is 0.889. The SMILES string of the molecule is O=C(CCC(F)(F)C(F)(F)C(F)(F)C(F)(F)F)NCCS(=O)(=O)O. The summed E-state index contributed by atoms with van der Waals surface area (Å²) in [5.74, 6) is -22.3. The van der Waals surface area contributed by atoms with Gasteiger partial charge < -0.3 is 5.32 Å². The lowest BCUT2D eigenvalue weighted by molar-refractivity contribution is -0.396. The van der Waals surface area contributed by atoms with Gasteiger partial charge in [0.05, 0.1) is 5.75 Å². The highest BCUT2D eigenvalue weighted by Gasteiger charge is 2.81. The summed E-state index contributed by atoms with van der Waals surface area (Å²) in [6, 6.07) is 0. The first kappa shape index (κ1) is 22.8. The van der Waals surface area contributed by atoms with Crippen LogP contribution < -0.4 is 5.32 Å². The van der Waals surface area contributed by atoms with Crippen LogP contribution in [0.2, 0.25) is 0 Å². The van der Waals surface area contributed by atoms with Gasteiger partial charge in [0, 0.05) is 19.4 Å². The second-order valence-electron chi connectivity index (χ2n) is 4.49. The second kappa shape index (κ2) is 6.93. The molecule has 0 fully saturated rings. The molecule has 15 heteroatoms. The summed E-state index contributed by atoms with van der Waals surface area (Å²) < 4.78 is 141. The lowest BCUT2D eigenvalue weighted by Crippen LogP contribution is -2.60. The standard InChI is InChI=1S/C9H10F9NO4S/c10-6(11,7(12,13)8(14,15)9(16,17)18)2-1-5(20)19-3-4-24(21,22)23/h1-4H2,(H,19,20)(H,21,22,23). The molecule has 0 spiro atoms. The maximum absolute atomic E-state index is 13.1. The molecule has 0 saturated carbocycles. The molecule has 0 aliphatic heterocycles. The molecule has 5 nitrogen and oxygen atoms in total. The second-order valence-corrected chi connectivity index (χ2v) is 6.06. The predicted octanol–water partition coefficient (Wildman–Crippen LogP) is 2.24. The van der Waals surface area contributed by atoms with Gasteiger partial charge in [0.25, 0.3) is 10.1 Å². The summed E-state index contributed by atoms with van der Waals surface area (Å²) in [5, 5.41) is 1.57. The van der Waals surface area contributed by atoms with Crippen LogP contribution in [0.25, 0.3) is 0 Å². The molecular weight excluding hydrogens is 389 g/mol. The number of alkyl halides is 9. The van der Waals surface area contributed by atoms with E-state index in [9.17, 15) is 52.7 Å². The van der Waals surface area contributed by atoms with E-state index in [2.05, 4.69) is 0 Å². The highest BCUT2D eigenvalue weighted by Crippen LogP contribution is 2.54. The van der Waals surface area contributed by atoms with Gasteiger partial charge in [-0.1, -0.05) is 0 Å². The molecule has 0 rings (SSSR count).